The highest BCUT2D eigenvalue weighted by Gasteiger charge is 2.30. The molecule has 11 heteroatoms. The van der Waals surface area contributed by atoms with E-state index in [4.69, 9.17) is 14.2 Å². The molecule has 3 rings (SSSR count). The minimum absolute atomic E-state index is 0.302. The lowest BCUT2D eigenvalue weighted by Gasteiger charge is -2.18. The summed E-state index contributed by atoms with van der Waals surface area (Å²) in [6, 6.07) is 15.6. The second kappa shape index (κ2) is 16.4. The van der Waals surface area contributed by atoms with Crippen LogP contribution < -0.4 is 30.3 Å². The second-order valence-corrected chi connectivity index (χ2v) is 9.95. The van der Waals surface area contributed by atoms with E-state index in [1.165, 1.54) is 30.5 Å². The molecule has 3 aromatic rings. The third kappa shape index (κ3) is 9.69. The van der Waals surface area contributed by atoms with Gasteiger partial charge in [-0.25, -0.2) is 9.82 Å². The van der Waals surface area contributed by atoms with Gasteiger partial charge in [0.05, 0.1) is 19.9 Å². The Kier molecular flexibility index (Phi) is 12.5. The standard InChI is InChI=1S/C33H37FN4O6/c1-6-8-23-17-22(18-28(43-7-2)31(23)44-20-29(39)36-25-11-9-24(34)10-12-25)19-35-38-33(41)30(21(3)4)32(40)37-26-13-15-27(42-5)16-14-26/h6,9-19,21,30H,1,7-8,20H2,2-5H3,(H,36,39)(H,37,40)(H,38,41). The molecule has 3 amide bonds. The van der Waals surface area contributed by atoms with Crippen molar-refractivity contribution >= 4 is 35.3 Å². The van der Waals surface area contributed by atoms with Gasteiger partial charge in [-0.2, -0.15) is 5.10 Å². The normalized spacial score (nSPS) is 11.5. The fraction of sp³-hybridized carbons (Fsp3) is 0.273. The van der Waals surface area contributed by atoms with Gasteiger partial charge in [0, 0.05) is 16.9 Å². The molecular weight excluding hydrogens is 567 g/mol. The van der Waals surface area contributed by atoms with E-state index in [9.17, 15) is 18.8 Å². The monoisotopic (exact) mass is 604 g/mol. The molecule has 0 aliphatic rings. The number of allylic oxidation sites excluding steroid dienone is 1. The molecule has 1 atom stereocenters. The highest BCUT2D eigenvalue weighted by Crippen LogP contribution is 2.33. The van der Waals surface area contributed by atoms with Gasteiger partial charge in [0.1, 0.15) is 17.5 Å². The first-order valence-corrected chi connectivity index (χ1v) is 14.0. The maximum atomic E-state index is 13.2. The number of benzene rings is 3. The van der Waals surface area contributed by atoms with Crippen LogP contribution >= 0.6 is 0 Å². The van der Waals surface area contributed by atoms with Gasteiger partial charge >= 0.3 is 0 Å². The van der Waals surface area contributed by atoms with Crippen molar-refractivity contribution in [2.45, 2.75) is 27.2 Å². The van der Waals surface area contributed by atoms with Crippen molar-refractivity contribution in [2.75, 3.05) is 31.0 Å². The zero-order valence-electron chi connectivity index (χ0n) is 25.2. The molecule has 0 fully saturated rings. The number of halogens is 1. The summed E-state index contributed by atoms with van der Waals surface area (Å²) < 4.78 is 29.9. The minimum Gasteiger partial charge on any atom is -0.497 e. The van der Waals surface area contributed by atoms with Gasteiger partial charge in [0.25, 0.3) is 11.8 Å². The predicted molar refractivity (Wildman–Crippen MR) is 168 cm³/mol. The highest BCUT2D eigenvalue weighted by atomic mass is 19.1. The molecule has 44 heavy (non-hydrogen) atoms. The molecule has 0 spiro atoms. The Morgan fingerprint density at radius 3 is 2.23 bits per heavy atom. The van der Waals surface area contributed by atoms with Gasteiger partial charge in [0.2, 0.25) is 5.91 Å². The fourth-order valence-electron chi connectivity index (χ4n) is 4.22. The van der Waals surface area contributed by atoms with E-state index in [-0.39, 0.29) is 12.5 Å². The lowest BCUT2D eigenvalue weighted by Crippen LogP contribution is -2.39. The van der Waals surface area contributed by atoms with E-state index >= 15 is 0 Å². The molecule has 0 heterocycles. The van der Waals surface area contributed by atoms with E-state index < -0.39 is 29.5 Å². The number of methoxy groups -OCH3 is 1. The molecule has 232 valence electrons. The SMILES string of the molecule is C=CCc1cc(C=NNC(=O)C(C(=O)Nc2ccc(OC)cc2)C(C)C)cc(OCC)c1OCC(=O)Nc1ccc(F)cc1. The number of rotatable bonds is 15. The summed E-state index contributed by atoms with van der Waals surface area (Å²) in [5.41, 5.74) is 4.68. The first-order chi connectivity index (χ1) is 21.1. The van der Waals surface area contributed by atoms with Crippen molar-refractivity contribution in [1.82, 2.24) is 5.43 Å². The Hall–Kier alpha value is -5.19. The van der Waals surface area contributed by atoms with Crippen molar-refractivity contribution in [3.05, 3.63) is 90.3 Å². The molecule has 0 aromatic heterocycles. The van der Waals surface area contributed by atoms with Crippen LogP contribution in [0.3, 0.4) is 0 Å². The molecular formula is C33H37FN4O6. The Morgan fingerprint density at radius 1 is 0.955 bits per heavy atom. The first-order valence-electron chi connectivity index (χ1n) is 14.0. The number of hydrogen-bond acceptors (Lipinski definition) is 7. The van der Waals surface area contributed by atoms with Gasteiger partial charge in [0.15, 0.2) is 18.1 Å². The second-order valence-electron chi connectivity index (χ2n) is 9.95. The van der Waals surface area contributed by atoms with Gasteiger partial charge in [-0.1, -0.05) is 19.9 Å². The third-order valence-corrected chi connectivity index (χ3v) is 6.27. The van der Waals surface area contributed by atoms with E-state index in [0.29, 0.717) is 52.8 Å². The zero-order chi connectivity index (χ0) is 32.1. The lowest BCUT2D eigenvalue weighted by molar-refractivity contribution is -0.134. The quantitative estimate of drug-likeness (QED) is 0.0930. The molecule has 0 bridgehead atoms. The van der Waals surface area contributed by atoms with Crippen LogP contribution in [0.15, 0.2) is 78.4 Å². The number of carbonyl (C=O) groups is 3. The van der Waals surface area contributed by atoms with E-state index in [0.717, 1.165) is 0 Å². The highest BCUT2D eigenvalue weighted by molar-refractivity contribution is 6.06. The summed E-state index contributed by atoms with van der Waals surface area (Å²) in [5, 5.41) is 9.49. The number of nitrogens with one attached hydrogen (secondary N) is 3. The fourth-order valence-corrected chi connectivity index (χ4v) is 4.22. The Labute approximate surface area is 256 Å². The number of hydrazone groups is 1. The molecule has 3 N–H and O–H groups in total. The van der Waals surface area contributed by atoms with E-state index in [2.05, 4.69) is 27.7 Å². The molecule has 3 aromatic carbocycles. The van der Waals surface area contributed by atoms with Crippen molar-refractivity contribution in [2.24, 2.45) is 16.9 Å². The average molecular weight is 605 g/mol. The number of nitrogens with zero attached hydrogens (tertiary/aromatic N) is 1. The van der Waals surface area contributed by atoms with Gasteiger partial charge in [-0.3, -0.25) is 14.4 Å². The maximum absolute atomic E-state index is 13.2. The smallest absolute Gasteiger partial charge is 0.262 e. The van der Waals surface area contributed by atoms with Gasteiger partial charge < -0.3 is 24.8 Å². The van der Waals surface area contributed by atoms with Crippen LogP contribution in [-0.4, -0.2) is 44.3 Å². The summed E-state index contributed by atoms with van der Waals surface area (Å²) in [7, 11) is 1.55. The number of hydrogen-bond donors (Lipinski definition) is 3. The summed E-state index contributed by atoms with van der Waals surface area (Å²) >= 11 is 0. The summed E-state index contributed by atoms with van der Waals surface area (Å²) in [6.45, 7) is 9.15. The Bertz CT molecular complexity index is 1470. The van der Waals surface area contributed by atoms with Crippen molar-refractivity contribution in [3.63, 3.8) is 0 Å². The van der Waals surface area contributed by atoms with Gasteiger partial charge in [-0.15, -0.1) is 6.58 Å². The van der Waals surface area contributed by atoms with Crippen LogP contribution in [0, 0.1) is 17.7 Å². The van der Waals surface area contributed by atoms with E-state index in [1.54, 1.807) is 63.4 Å². The van der Waals surface area contributed by atoms with Crippen LogP contribution in [0.5, 0.6) is 17.2 Å². The molecule has 10 nitrogen and oxygen atoms in total. The van der Waals surface area contributed by atoms with Gasteiger partial charge in [-0.05, 0) is 85.5 Å². The van der Waals surface area contributed by atoms with Crippen LogP contribution in [0.25, 0.3) is 0 Å². The van der Waals surface area contributed by atoms with Crippen LogP contribution in [-0.2, 0) is 20.8 Å². The summed E-state index contributed by atoms with van der Waals surface area (Å²) in [6.07, 6.45) is 3.49. The Balaban J connectivity index is 1.71. The predicted octanol–water partition coefficient (Wildman–Crippen LogP) is 5.34. The zero-order valence-corrected chi connectivity index (χ0v) is 25.2. The molecule has 0 aliphatic heterocycles. The Morgan fingerprint density at radius 2 is 1.61 bits per heavy atom. The topological polar surface area (TPSA) is 127 Å². The molecule has 0 saturated heterocycles. The summed E-state index contributed by atoms with van der Waals surface area (Å²) in [5.74, 6) is -1.80. The maximum Gasteiger partial charge on any atom is 0.262 e. The van der Waals surface area contributed by atoms with Crippen molar-refractivity contribution in [3.8, 4) is 17.2 Å². The number of anilines is 2. The number of ether oxygens (including phenoxy) is 3. The third-order valence-electron chi connectivity index (χ3n) is 6.27. The van der Waals surface area contributed by atoms with Crippen LogP contribution in [0.1, 0.15) is 31.9 Å². The molecule has 1 unspecified atom stereocenters. The minimum atomic E-state index is -0.999. The van der Waals surface area contributed by atoms with Crippen LogP contribution in [0.4, 0.5) is 15.8 Å². The largest absolute Gasteiger partial charge is 0.497 e. The van der Waals surface area contributed by atoms with E-state index in [1.807, 2.05) is 6.92 Å². The lowest BCUT2D eigenvalue weighted by atomic mass is 9.94. The van der Waals surface area contributed by atoms with Crippen molar-refractivity contribution < 1.29 is 33.0 Å². The molecule has 0 aliphatic carbocycles. The first kappa shape index (κ1) is 33.3. The molecule has 0 saturated carbocycles. The number of carbonyl (C=O) groups excluding carboxylic acids is 3. The number of amides is 3. The van der Waals surface area contributed by atoms with Crippen LogP contribution in [0.2, 0.25) is 0 Å². The van der Waals surface area contributed by atoms with Crippen molar-refractivity contribution in [1.29, 1.82) is 0 Å². The average Bonchev–Trinajstić information content (AvgIpc) is 2.98. The summed E-state index contributed by atoms with van der Waals surface area (Å²) in [4.78, 5) is 38.4. The molecule has 0 radical (unpaired) electrons.